The molecule has 14 heavy (non-hydrogen) atoms. The minimum atomic E-state index is -0.346. The fourth-order valence-electron chi connectivity index (χ4n) is 0.723. The van der Waals surface area contributed by atoms with E-state index in [-0.39, 0.29) is 27.4 Å². The summed E-state index contributed by atoms with van der Waals surface area (Å²) in [5, 5.41) is 2.65. The molecule has 0 radical (unpaired) electrons. The summed E-state index contributed by atoms with van der Waals surface area (Å²) in [4.78, 5) is 18.8. The van der Waals surface area contributed by atoms with Crippen LogP contribution in [0.2, 0.25) is 10.4 Å². The Bertz CT molecular complexity index is 361. The van der Waals surface area contributed by atoms with Gasteiger partial charge in [-0.2, -0.15) is 0 Å². The summed E-state index contributed by atoms with van der Waals surface area (Å²) in [5.41, 5.74) is 0.0696. The number of amides is 1. The average Bonchev–Trinajstić information content (AvgIpc) is 2.01. The van der Waals surface area contributed by atoms with Crippen LogP contribution in [0.3, 0.4) is 0 Å². The van der Waals surface area contributed by atoms with E-state index in [0.29, 0.717) is 0 Å². The van der Waals surface area contributed by atoms with Crippen LogP contribution in [0, 0.1) is 0 Å². The number of carbonyl (C=O) groups is 1. The Hall–Kier alpha value is -0.0100. The van der Waals surface area contributed by atoms with E-state index in [9.17, 15) is 4.79 Å². The monoisotopic (exact) mass is 269 g/mol. The summed E-state index contributed by atoms with van der Waals surface area (Å²) in [6.07, 6.45) is 1.28. The lowest BCUT2D eigenvalue weighted by molar-refractivity contribution is 0.0957. The molecular weight excluding hydrogens is 263 g/mol. The van der Waals surface area contributed by atoms with Crippen LogP contribution in [-0.2, 0) is 0 Å². The zero-order valence-corrected chi connectivity index (χ0v) is 10.7. The van der Waals surface area contributed by atoms with Crippen molar-refractivity contribution in [3.8, 4) is 0 Å². The fourth-order valence-corrected chi connectivity index (χ4v) is 1.42. The van der Waals surface area contributed by atoms with E-state index in [1.54, 1.807) is 0 Å². The largest absolute Gasteiger partial charge is 0.343 e. The maximum Gasteiger partial charge on any atom is 0.256 e. The summed E-state index contributed by atoms with van der Waals surface area (Å²) >= 11 is 11.2. The minimum Gasteiger partial charge on any atom is -0.343 e. The molecule has 0 aliphatic carbocycles. The van der Waals surface area contributed by atoms with Crippen LogP contribution >= 0.6 is 41.7 Å². The van der Waals surface area contributed by atoms with Crippen LogP contribution in [0.1, 0.15) is 10.4 Å². The molecule has 8 heteroatoms. The van der Waals surface area contributed by atoms with Gasteiger partial charge in [0.15, 0.2) is 0 Å². The van der Waals surface area contributed by atoms with Gasteiger partial charge in [-0.3, -0.25) is 4.79 Å². The van der Waals surface area contributed by atoms with Crippen molar-refractivity contribution in [1.82, 2.24) is 15.3 Å². The second-order valence-corrected chi connectivity index (χ2v) is 5.25. The summed E-state index contributed by atoms with van der Waals surface area (Å²) < 4.78 is 0. The molecule has 2 atom stereocenters. The Morgan fingerprint density at radius 2 is 2.14 bits per heavy atom. The highest BCUT2D eigenvalue weighted by Gasteiger charge is 2.13. The molecule has 0 saturated carbocycles. The lowest BCUT2D eigenvalue weighted by atomic mass is 10.3. The molecule has 1 N–H and O–H groups in total. The molecule has 1 heterocycles. The molecule has 0 saturated heterocycles. The summed E-state index contributed by atoms with van der Waals surface area (Å²) in [6.45, 7) is 0. The second-order valence-electron chi connectivity index (χ2n) is 2.34. The number of nitrogens with one attached hydrogen (secondary N) is 1. The van der Waals surface area contributed by atoms with Crippen molar-refractivity contribution in [1.29, 1.82) is 0 Å². The van der Waals surface area contributed by atoms with Gasteiger partial charge in [0.2, 0.25) is 5.28 Å². The third-order valence-corrected chi connectivity index (χ3v) is 2.06. The second kappa shape index (κ2) is 5.18. The fraction of sp³-hybridized carbons (Fsp3) is 0.167. The Balaban J connectivity index is 2.90. The number of aromatic nitrogens is 2. The third kappa shape index (κ3) is 3.29. The highest BCUT2D eigenvalue weighted by molar-refractivity contribution is 7.37. The van der Waals surface area contributed by atoms with Gasteiger partial charge in [0.1, 0.15) is 5.15 Å². The van der Waals surface area contributed by atoms with Gasteiger partial charge in [0, 0.05) is 6.20 Å². The molecule has 0 spiro atoms. The molecule has 0 fully saturated rings. The maximum atomic E-state index is 11.4. The van der Waals surface area contributed by atoms with Gasteiger partial charge in [0.25, 0.3) is 5.91 Å². The number of halogens is 2. The molecule has 0 aliphatic rings. The molecule has 4 nitrogen and oxygen atoms in total. The zero-order chi connectivity index (χ0) is 10.7. The van der Waals surface area contributed by atoms with Crippen LogP contribution in [-0.4, -0.2) is 21.4 Å². The van der Waals surface area contributed by atoms with E-state index in [2.05, 4.69) is 33.8 Å². The number of rotatable bonds is 2. The van der Waals surface area contributed by atoms with Crippen molar-refractivity contribution in [2.24, 2.45) is 0 Å². The summed E-state index contributed by atoms with van der Waals surface area (Å²) in [6, 6.07) is 0. The molecule has 1 aromatic heterocycles. The predicted octanol–water partition coefficient (Wildman–Crippen LogP) is 1.55. The van der Waals surface area contributed by atoms with E-state index in [1.807, 2.05) is 0 Å². The smallest absolute Gasteiger partial charge is 0.256 e. The standard InChI is InChI=1S/C6H7Cl2N3OP2/c7-3-2(1-9-5(8)10-3)4(12)11-6(13)14/h1,6H,13-14H2,(H,11,12). The Morgan fingerprint density at radius 3 is 2.64 bits per heavy atom. The maximum absolute atomic E-state index is 11.4. The first kappa shape index (κ1) is 12.1. The lowest BCUT2D eigenvalue weighted by Crippen LogP contribution is -2.26. The predicted molar refractivity (Wildman–Crippen MR) is 62.7 cm³/mol. The average molecular weight is 270 g/mol. The molecule has 0 bridgehead atoms. The van der Waals surface area contributed by atoms with Gasteiger partial charge >= 0.3 is 0 Å². The molecule has 1 aromatic rings. The summed E-state index contributed by atoms with van der Waals surface area (Å²) in [5.74, 6) is -0.346. The first-order valence-corrected chi connectivity index (χ1v) is 5.59. The highest BCUT2D eigenvalue weighted by Crippen LogP contribution is 2.15. The van der Waals surface area contributed by atoms with E-state index >= 15 is 0 Å². The Morgan fingerprint density at radius 1 is 1.50 bits per heavy atom. The van der Waals surface area contributed by atoms with Crippen LogP contribution in [0.5, 0.6) is 0 Å². The lowest BCUT2D eigenvalue weighted by Gasteiger charge is -2.08. The molecule has 76 valence electrons. The third-order valence-electron chi connectivity index (χ3n) is 1.26. The van der Waals surface area contributed by atoms with Gasteiger partial charge in [-0.05, 0) is 11.6 Å². The molecule has 0 aliphatic heterocycles. The molecule has 0 aromatic carbocycles. The SMILES string of the molecule is O=C(NC(P)P)c1cnc(Cl)nc1Cl. The Labute approximate surface area is 95.6 Å². The van der Waals surface area contributed by atoms with Crippen LogP contribution < -0.4 is 5.32 Å². The zero-order valence-electron chi connectivity index (χ0n) is 6.87. The van der Waals surface area contributed by atoms with Crippen molar-refractivity contribution in [3.63, 3.8) is 0 Å². The van der Waals surface area contributed by atoms with Crippen LogP contribution in [0.25, 0.3) is 0 Å². The first-order chi connectivity index (χ1) is 6.50. The number of nitrogens with zero attached hydrogens (tertiary/aromatic N) is 2. The van der Waals surface area contributed by atoms with Crippen molar-refractivity contribution in [3.05, 3.63) is 22.2 Å². The molecule has 1 rings (SSSR count). The van der Waals surface area contributed by atoms with E-state index in [0.717, 1.165) is 0 Å². The van der Waals surface area contributed by atoms with Gasteiger partial charge in [-0.1, -0.05) is 11.6 Å². The molecular formula is C6H7Cl2N3OP2. The number of hydrogen-bond donors (Lipinski definition) is 1. The van der Waals surface area contributed by atoms with E-state index in [4.69, 9.17) is 23.2 Å². The molecule has 1 amide bonds. The van der Waals surface area contributed by atoms with Crippen molar-refractivity contribution < 1.29 is 4.79 Å². The normalized spacial score (nSPS) is 10.4. The van der Waals surface area contributed by atoms with Crippen LogP contribution in [0.4, 0.5) is 0 Å². The molecule has 2 unspecified atom stereocenters. The Kier molecular flexibility index (Phi) is 4.46. The van der Waals surface area contributed by atoms with E-state index < -0.39 is 0 Å². The number of hydrogen-bond acceptors (Lipinski definition) is 3. The van der Waals surface area contributed by atoms with Crippen molar-refractivity contribution in [2.45, 2.75) is 5.52 Å². The van der Waals surface area contributed by atoms with Gasteiger partial charge in [0.05, 0.1) is 11.1 Å². The quantitative estimate of drug-likeness (QED) is 0.504. The van der Waals surface area contributed by atoms with E-state index in [1.165, 1.54) is 6.20 Å². The van der Waals surface area contributed by atoms with Crippen LogP contribution in [0.15, 0.2) is 6.20 Å². The van der Waals surface area contributed by atoms with Crippen molar-refractivity contribution in [2.75, 3.05) is 0 Å². The minimum absolute atomic E-state index is 0.0137. The van der Waals surface area contributed by atoms with Crippen molar-refractivity contribution >= 4 is 47.6 Å². The van der Waals surface area contributed by atoms with Gasteiger partial charge in [-0.15, -0.1) is 18.5 Å². The summed E-state index contributed by atoms with van der Waals surface area (Å²) in [7, 11) is 4.80. The highest BCUT2D eigenvalue weighted by atomic mass is 35.5. The van der Waals surface area contributed by atoms with Gasteiger partial charge in [-0.25, -0.2) is 9.97 Å². The first-order valence-electron chi connectivity index (χ1n) is 3.51. The topological polar surface area (TPSA) is 54.9 Å². The number of carbonyl (C=O) groups excluding carboxylic acids is 1. The van der Waals surface area contributed by atoms with Gasteiger partial charge < -0.3 is 5.32 Å².